The topological polar surface area (TPSA) is 38.9 Å². The van der Waals surface area contributed by atoms with Gasteiger partial charge >= 0.3 is 0 Å². The zero-order valence-corrected chi connectivity index (χ0v) is 10.4. The SMILES string of the molecule is CCCCCc1nc(-c2ccc(C)cc2)no1. The molecule has 0 fully saturated rings. The summed E-state index contributed by atoms with van der Waals surface area (Å²) < 4.78 is 5.23. The van der Waals surface area contributed by atoms with Crippen molar-refractivity contribution >= 4 is 0 Å². The van der Waals surface area contributed by atoms with Crippen molar-refractivity contribution in [3.05, 3.63) is 35.7 Å². The van der Waals surface area contributed by atoms with E-state index in [0.29, 0.717) is 5.82 Å². The van der Waals surface area contributed by atoms with Crippen LogP contribution in [-0.4, -0.2) is 10.1 Å². The zero-order valence-electron chi connectivity index (χ0n) is 10.4. The number of nitrogens with zero attached hydrogens (tertiary/aromatic N) is 2. The highest BCUT2D eigenvalue weighted by molar-refractivity contribution is 5.54. The number of rotatable bonds is 5. The summed E-state index contributed by atoms with van der Waals surface area (Å²) in [5.41, 5.74) is 2.25. The number of unbranched alkanes of at least 4 members (excludes halogenated alkanes) is 2. The Hall–Kier alpha value is -1.64. The molecule has 0 radical (unpaired) electrons. The Morgan fingerprint density at radius 2 is 1.88 bits per heavy atom. The number of hydrogen-bond acceptors (Lipinski definition) is 3. The van der Waals surface area contributed by atoms with E-state index >= 15 is 0 Å². The molecule has 0 saturated heterocycles. The largest absolute Gasteiger partial charge is 0.339 e. The van der Waals surface area contributed by atoms with Gasteiger partial charge in [-0.2, -0.15) is 4.98 Å². The predicted octanol–water partition coefficient (Wildman–Crippen LogP) is 3.78. The molecule has 2 aromatic rings. The Labute approximate surface area is 102 Å². The Kier molecular flexibility index (Phi) is 3.91. The molecule has 1 aromatic carbocycles. The Morgan fingerprint density at radius 3 is 2.59 bits per heavy atom. The predicted molar refractivity (Wildman–Crippen MR) is 67.7 cm³/mol. The first-order valence-electron chi connectivity index (χ1n) is 6.19. The van der Waals surface area contributed by atoms with E-state index in [-0.39, 0.29) is 0 Å². The van der Waals surface area contributed by atoms with Crippen molar-refractivity contribution < 1.29 is 4.52 Å². The highest BCUT2D eigenvalue weighted by Gasteiger charge is 2.07. The van der Waals surface area contributed by atoms with Gasteiger partial charge in [-0.15, -0.1) is 0 Å². The van der Waals surface area contributed by atoms with Gasteiger partial charge in [0.1, 0.15) is 0 Å². The summed E-state index contributed by atoms with van der Waals surface area (Å²) in [7, 11) is 0. The minimum absolute atomic E-state index is 0.691. The fraction of sp³-hybridized carbons (Fsp3) is 0.429. The average Bonchev–Trinajstić information content (AvgIpc) is 2.79. The summed E-state index contributed by atoms with van der Waals surface area (Å²) in [6.07, 6.45) is 4.42. The summed E-state index contributed by atoms with van der Waals surface area (Å²) in [6, 6.07) is 8.16. The van der Waals surface area contributed by atoms with Crippen LogP contribution in [0.1, 0.15) is 37.6 Å². The summed E-state index contributed by atoms with van der Waals surface area (Å²) in [5, 5.41) is 4.01. The molecule has 17 heavy (non-hydrogen) atoms. The van der Waals surface area contributed by atoms with Crippen LogP contribution in [0.15, 0.2) is 28.8 Å². The normalized spacial score (nSPS) is 10.7. The molecule has 0 amide bonds. The summed E-state index contributed by atoms with van der Waals surface area (Å²) in [4.78, 5) is 4.40. The van der Waals surface area contributed by atoms with Crippen molar-refractivity contribution in [1.82, 2.24) is 10.1 Å². The van der Waals surface area contributed by atoms with E-state index in [1.165, 1.54) is 18.4 Å². The van der Waals surface area contributed by atoms with E-state index < -0.39 is 0 Å². The Balaban J connectivity index is 2.04. The molecule has 0 atom stereocenters. The van der Waals surface area contributed by atoms with Gasteiger partial charge in [-0.1, -0.05) is 54.8 Å². The highest BCUT2D eigenvalue weighted by atomic mass is 16.5. The third kappa shape index (κ3) is 3.16. The molecule has 90 valence electrons. The molecule has 1 heterocycles. The molecule has 2 rings (SSSR count). The Bertz CT molecular complexity index is 459. The van der Waals surface area contributed by atoms with E-state index in [1.807, 2.05) is 12.1 Å². The molecule has 0 aliphatic heterocycles. The third-order valence-electron chi connectivity index (χ3n) is 2.77. The van der Waals surface area contributed by atoms with Gasteiger partial charge in [0.05, 0.1) is 0 Å². The minimum atomic E-state index is 0.691. The quantitative estimate of drug-likeness (QED) is 0.734. The van der Waals surface area contributed by atoms with Crippen LogP contribution in [0.3, 0.4) is 0 Å². The first-order chi connectivity index (χ1) is 8.29. The molecule has 1 aromatic heterocycles. The van der Waals surface area contributed by atoms with Crippen molar-refractivity contribution in [3.63, 3.8) is 0 Å². The van der Waals surface area contributed by atoms with Crippen molar-refractivity contribution in [2.24, 2.45) is 0 Å². The molecule has 0 aliphatic carbocycles. The molecule has 0 bridgehead atoms. The van der Waals surface area contributed by atoms with E-state index in [0.717, 1.165) is 24.3 Å². The van der Waals surface area contributed by atoms with Crippen LogP contribution in [0.25, 0.3) is 11.4 Å². The van der Waals surface area contributed by atoms with Gasteiger partial charge in [0, 0.05) is 12.0 Å². The average molecular weight is 230 g/mol. The van der Waals surface area contributed by atoms with Gasteiger partial charge in [-0.05, 0) is 13.3 Å². The third-order valence-corrected chi connectivity index (χ3v) is 2.77. The van der Waals surface area contributed by atoms with E-state index in [1.54, 1.807) is 0 Å². The van der Waals surface area contributed by atoms with Crippen LogP contribution in [0.5, 0.6) is 0 Å². The van der Waals surface area contributed by atoms with Gasteiger partial charge in [-0.3, -0.25) is 0 Å². The molecule has 0 unspecified atom stereocenters. The van der Waals surface area contributed by atoms with Gasteiger partial charge in [0.2, 0.25) is 11.7 Å². The lowest BCUT2D eigenvalue weighted by atomic mass is 10.1. The highest BCUT2D eigenvalue weighted by Crippen LogP contribution is 2.17. The molecule has 0 N–H and O–H groups in total. The van der Waals surface area contributed by atoms with E-state index in [2.05, 4.69) is 36.1 Å². The maximum absolute atomic E-state index is 5.23. The molecular weight excluding hydrogens is 212 g/mol. The van der Waals surface area contributed by atoms with Crippen molar-refractivity contribution in [3.8, 4) is 11.4 Å². The fourth-order valence-electron chi connectivity index (χ4n) is 1.70. The van der Waals surface area contributed by atoms with Crippen molar-refractivity contribution in [2.45, 2.75) is 39.5 Å². The van der Waals surface area contributed by atoms with Crippen LogP contribution < -0.4 is 0 Å². The number of aromatic nitrogens is 2. The van der Waals surface area contributed by atoms with E-state index in [9.17, 15) is 0 Å². The van der Waals surface area contributed by atoms with E-state index in [4.69, 9.17) is 4.52 Å². The van der Waals surface area contributed by atoms with Crippen molar-refractivity contribution in [2.75, 3.05) is 0 Å². The second kappa shape index (κ2) is 5.62. The standard InChI is InChI=1S/C14H18N2O/c1-3-4-5-6-13-15-14(16-17-13)12-9-7-11(2)8-10-12/h7-10H,3-6H2,1-2H3. The zero-order chi connectivity index (χ0) is 12.1. The van der Waals surface area contributed by atoms with Crippen LogP contribution >= 0.6 is 0 Å². The molecule has 3 nitrogen and oxygen atoms in total. The smallest absolute Gasteiger partial charge is 0.226 e. The monoisotopic (exact) mass is 230 g/mol. The molecule has 0 aliphatic rings. The summed E-state index contributed by atoms with van der Waals surface area (Å²) in [5.74, 6) is 1.44. The molecular formula is C14H18N2O. The molecule has 3 heteroatoms. The van der Waals surface area contributed by atoms with Gasteiger partial charge in [-0.25, -0.2) is 0 Å². The number of aryl methyl sites for hydroxylation is 2. The van der Waals surface area contributed by atoms with Gasteiger partial charge < -0.3 is 4.52 Å². The van der Waals surface area contributed by atoms with Crippen LogP contribution in [0, 0.1) is 6.92 Å². The lowest BCUT2D eigenvalue weighted by Crippen LogP contribution is -1.86. The van der Waals surface area contributed by atoms with Crippen molar-refractivity contribution in [1.29, 1.82) is 0 Å². The summed E-state index contributed by atoms with van der Waals surface area (Å²) >= 11 is 0. The van der Waals surface area contributed by atoms with Gasteiger partial charge in [0.15, 0.2) is 0 Å². The molecule has 0 spiro atoms. The lowest BCUT2D eigenvalue weighted by molar-refractivity contribution is 0.374. The second-order valence-corrected chi connectivity index (χ2v) is 4.33. The maximum Gasteiger partial charge on any atom is 0.226 e. The first-order valence-corrected chi connectivity index (χ1v) is 6.19. The Morgan fingerprint density at radius 1 is 1.12 bits per heavy atom. The second-order valence-electron chi connectivity index (χ2n) is 4.33. The fourth-order valence-corrected chi connectivity index (χ4v) is 1.70. The lowest BCUT2D eigenvalue weighted by Gasteiger charge is -1.94. The van der Waals surface area contributed by atoms with Crippen LogP contribution in [-0.2, 0) is 6.42 Å². The minimum Gasteiger partial charge on any atom is -0.339 e. The molecule has 0 saturated carbocycles. The number of benzene rings is 1. The maximum atomic E-state index is 5.23. The van der Waals surface area contributed by atoms with Crippen LogP contribution in [0.2, 0.25) is 0 Å². The number of hydrogen-bond donors (Lipinski definition) is 0. The van der Waals surface area contributed by atoms with Crippen LogP contribution in [0.4, 0.5) is 0 Å². The first kappa shape index (κ1) is 11.8. The van der Waals surface area contributed by atoms with Gasteiger partial charge in [0.25, 0.3) is 0 Å². The summed E-state index contributed by atoms with van der Waals surface area (Å²) in [6.45, 7) is 4.25.